The molecule has 2 aliphatic heterocycles. The van der Waals surface area contributed by atoms with Gasteiger partial charge < -0.3 is 15.4 Å². The number of nitrogen functional groups attached to an aromatic ring is 1. The van der Waals surface area contributed by atoms with E-state index < -0.39 is 11.4 Å². The third kappa shape index (κ3) is 5.73. The molecule has 2 aromatic carbocycles. The van der Waals surface area contributed by atoms with E-state index in [-0.39, 0.29) is 28.9 Å². The van der Waals surface area contributed by atoms with Gasteiger partial charge in [0.05, 0.1) is 18.0 Å². The van der Waals surface area contributed by atoms with Crippen LogP contribution in [0, 0.1) is 17.1 Å². The quantitative estimate of drug-likeness (QED) is 0.215. The SMILES string of the molecule is CC(C)(C=C(C#N)C(=O)N1CCC[C@H]1Cn1nc(-c2ccc(Oc3ccccc3)cc2F)c2c(N)ncnc21)N1CCCC1. The topological polar surface area (TPSA) is 126 Å². The summed E-state index contributed by atoms with van der Waals surface area (Å²) in [6, 6.07) is 15.7. The van der Waals surface area contributed by atoms with Crippen LogP contribution in [-0.2, 0) is 11.3 Å². The van der Waals surface area contributed by atoms with E-state index in [1.165, 1.54) is 12.4 Å². The molecule has 2 saturated heterocycles. The number of para-hydroxylation sites is 1. The molecule has 2 aromatic heterocycles. The van der Waals surface area contributed by atoms with Crippen molar-refractivity contribution in [1.82, 2.24) is 29.5 Å². The number of nitrogens with two attached hydrogens (primary N) is 1. The van der Waals surface area contributed by atoms with Crippen molar-refractivity contribution < 1.29 is 13.9 Å². The molecule has 4 aromatic rings. The Labute approximate surface area is 255 Å². The van der Waals surface area contributed by atoms with Crippen LogP contribution < -0.4 is 10.5 Å². The Bertz CT molecular complexity index is 1750. The second-order valence-corrected chi connectivity index (χ2v) is 11.9. The standard InChI is InChI=1S/C33H35FN8O2/c1-33(2,40-14-6-7-15-40)18-22(19-35)32(43)41-16-8-9-23(41)20-42-31-28(30(36)37-21-38-31)29(39-42)26-13-12-25(17-27(26)34)44-24-10-4-3-5-11-24/h3-5,10-13,17-18,21,23H,6-9,14-16,20H2,1-2H3,(H2,36,37,38)/t23-/m0/s1. The van der Waals surface area contributed by atoms with Gasteiger partial charge in [0.1, 0.15) is 46.8 Å². The summed E-state index contributed by atoms with van der Waals surface area (Å²) in [7, 11) is 0. The minimum atomic E-state index is -0.532. The van der Waals surface area contributed by atoms with Gasteiger partial charge in [-0.05, 0) is 83.0 Å². The molecule has 44 heavy (non-hydrogen) atoms. The second kappa shape index (κ2) is 12.1. The summed E-state index contributed by atoms with van der Waals surface area (Å²) in [4.78, 5) is 26.3. The number of halogens is 1. The third-order valence-corrected chi connectivity index (χ3v) is 8.52. The lowest BCUT2D eigenvalue weighted by Gasteiger charge is -2.33. The van der Waals surface area contributed by atoms with E-state index in [2.05, 4.69) is 20.9 Å². The Kier molecular flexibility index (Phi) is 8.01. The molecule has 0 spiro atoms. The zero-order valence-electron chi connectivity index (χ0n) is 24.9. The first-order valence-corrected chi connectivity index (χ1v) is 14.9. The van der Waals surface area contributed by atoms with E-state index in [9.17, 15) is 10.1 Å². The third-order valence-electron chi connectivity index (χ3n) is 8.52. The Morgan fingerprint density at radius 3 is 2.61 bits per heavy atom. The Balaban J connectivity index is 1.28. The molecule has 2 N–H and O–H groups in total. The number of amides is 1. The molecule has 4 heterocycles. The molecule has 0 unspecified atom stereocenters. The monoisotopic (exact) mass is 594 g/mol. The Morgan fingerprint density at radius 2 is 1.89 bits per heavy atom. The molecular weight excluding hydrogens is 559 g/mol. The normalized spacial score (nSPS) is 17.7. The van der Waals surface area contributed by atoms with E-state index in [0.29, 0.717) is 41.3 Å². The molecule has 2 fully saturated rings. The van der Waals surface area contributed by atoms with Crippen LogP contribution in [0.1, 0.15) is 39.5 Å². The number of fused-ring (bicyclic) bond motifs is 1. The van der Waals surface area contributed by atoms with Gasteiger partial charge in [-0.25, -0.2) is 19.0 Å². The number of nitrogens with zero attached hydrogens (tertiary/aromatic N) is 7. The van der Waals surface area contributed by atoms with Gasteiger partial charge in [0, 0.05) is 23.7 Å². The van der Waals surface area contributed by atoms with Crippen molar-refractivity contribution in [1.29, 1.82) is 5.26 Å². The van der Waals surface area contributed by atoms with Crippen LogP contribution in [0.3, 0.4) is 0 Å². The minimum Gasteiger partial charge on any atom is -0.457 e. The summed E-state index contributed by atoms with van der Waals surface area (Å²) in [5.74, 6) is 0.304. The number of carbonyl (C=O) groups excluding carboxylic acids is 1. The van der Waals surface area contributed by atoms with Crippen LogP contribution in [0.4, 0.5) is 10.2 Å². The van der Waals surface area contributed by atoms with E-state index in [4.69, 9.17) is 15.6 Å². The highest BCUT2D eigenvalue weighted by molar-refractivity contribution is 5.99. The summed E-state index contributed by atoms with van der Waals surface area (Å²) < 4.78 is 23.0. The van der Waals surface area contributed by atoms with E-state index >= 15 is 4.39 Å². The van der Waals surface area contributed by atoms with Crippen LogP contribution in [0.25, 0.3) is 22.3 Å². The Morgan fingerprint density at radius 1 is 1.11 bits per heavy atom. The highest BCUT2D eigenvalue weighted by atomic mass is 19.1. The first-order valence-electron chi connectivity index (χ1n) is 14.9. The molecule has 11 heteroatoms. The van der Waals surface area contributed by atoms with E-state index in [1.807, 2.05) is 32.0 Å². The summed E-state index contributed by atoms with van der Waals surface area (Å²) in [5.41, 5.74) is 7.00. The molecule has 1 atom stereocenters. The van der Waals surface area contributed by atoms with Gasteiger partial charge in [-0.3, -0.25) is 9.69 Å². The van der Waals surface area contributed by atoms with E-state index in [0.717, 1.165) is 38.8 Å². The fraction of sp³-hybridized carbons (Fsp3) is 0.364. The van der Waals surface area contributed by atoms with Crippen molar-refractivity contribution in [3.05, 3.63) is 72.3 Å². The van der Waals surface area contributed by atoms with Crippen LogP contribution in [0.2, 0.25) is 0 Å². The van der Waals surface area contributed by atoms with E-state index in [1.54, 1.807) is 39.9 Å². The number of aromatic nitrogens is 4. The number of ether oxygens (including phenoxy) is 1. The lowest BCUT2D eigenvalue weighted by molar-refractivity contribution is -0.127. The molecule has 0 saturated carbocycles. The number of hydrogen-bond acceptors (Lipinski definition) is 8. The molecule has 2 aliphatic rings. The molecule has 10 nitrogen and oxygen atoms in total. The maximum absolute atomic E-state index is 15.6. The number of rotatable bonds is 8. The highest BCUT2D eigenvalue weighted by Gasteiger charge is 2.35. The van der Waals surface area contributed by atoms with Crippen molar-refractivity contribution in [2.45, 2.75) is 57.7 Å². The summed E-state index contributed by atoms with van der Waals surface area (Å²) in [5, 5.41) is 15.2. The van der Waals surface area contributed by atoms with Gasteiger partial charge >= 0.3 is 0 Å². The molecule has 0 radical (unpaired) electrons. The number of likely N-dealkylation sites (tertiary alicyclic amines) is 2. The molecular formula is C33H35FN8O2. The predicted octanol–water partition coefficient (Wildman–Crippen LogP) is 5.32. The second-order valence-electron chi connectivity index (χ2n) is 11.9. The van der Waals surface area contributed by atoms with Gasteiger partial charge in [0.15, 0.2) is 5.65 Å². The van der Waals surface area contributed by atoms with Gasteiger partial charge in [-0.15, -0.1) is 0 Å². The van der Waals surface area contributed by atoms with Gasteiger partial charge in [-0.2, -0.15) is 10.4 Å². The maximum atomic E-state index is 15.6. The van der Waals surface area contributed by atoms with Crippen molar-refractivity contribution in [2.75, 3.05) is 25.4 Å². The Hall–Kier alpha value is -4.82. The molecule has 6 rings (SSSR count). The van der Waals surface area contributed by atoms with Crippen LogP contribution in [0.5, 0.6) is 11.5 Å². The summed E-state index contributed by atoms with van der Waals surface area (Å²) in [6.45, 7) is 6.84. The van der Waals surface area contributed by atoms with Crippen molar-refractivity contribution >= 4 is 22.8 Å². The zero-order valence-corrected chi connectivity index (χ0v) is 24.9. The van der Waals surface area contributed by atoms with Gasteiger partial charge in [0.2, 0.25) is 0 Å². The van der Waals surface area contributed by atoms with Crippen molar-refractivity contribution in [2.24, 2.45) is 0 Å². The van der Waals surface area contributed by atoms with Crippen LogP contribution in [0.15, 0.2) is 66.5 Å². The number of anilines is 1. The van der Waals surface area contributed by atoms with Crippen LogP contribution in [-0.4, -0.2) is 66.7 Å². The van der Waals surface area contributed by atoms with Gasteiger partial charge in [-0.1, -0.05) is 18.2 Å². The lowest BCUT2D eigenvalue weighted by Crippen LogP contribution is -2.42. The smallest absolute Gasteiger partial charge is 0.264 e. The fourth-order valence-corrected chi connectivity index (χ4v) is 6.25. The highest BCUT2D eigenvalue weighted by Crippen LogP contribution is 2.35. The first kappa shape index (κ1) is 29.3. The lowest BCUT2D eigenvalue weighted by atomic mass is 9.98. The predicted molar refractivity (Wildman–Crippen MR) is 165 cm³/mol. The first-order chi connectivity index (χ1) is 21.2. The minimum absolute atomic E-state index is 0.145. The van der Waals surface area contributed by atoms with Gasteiger partial charge in [0.25, 0.3) is 5.91 Å². The zero-order chi connectivity index (χ0) is 30.8. The largest absolute Gasteiger partial charge is 0.457 e. The number of hydrogen-bond donors (Lipinski definition) is 1. The molecule has 226 valence electrons. The number of carbonyl (C=O) groups is 1. The fourth-order valence-electron chi connectivity index (χ4n) is 6.25. The summed E-state index contributed by atoms with van der Waals surface area (Å²) in [6.07, 6.45) is 6.92. The molecule has 0 bridgehead atoms. The molecule has 0 aliphatic carbocycles. The maximum Gasteiger partial charge on any atom is 0.264 e. The number of benzene rings is 2. The van der Waals surface area contributed by atoms with Crippen molar-refractivity contribution in [3.63, 3.8) is 0 Å². The average Bonchev–Trinajstić information content (AvgIpc) is 3.78. The molecule has 1 amide bonds. The number of nitriles is 1. The van der Waals surface area contributed by atoms with Crippen molar-refractivity contribution in [3.8, 4) is 28.8 Å². The summed E-state index contributed by atoms with van der Waals surface area (Å²) >= 11 is 0. The van der Waals surface area contributed by atoms with Crippen LogP contribution >= 0.6 is 0 Å². The average molecular weight is 595 g/mol.